The normalized spacial score (nSPS) is 10.7. The lowest BCUT2D eigenvalue weighted by atomic mass is 10.1. The van der Waals surface area contributed by atoms with Crippen molar-refractivity contribution < 1.29 is 9.53 Å². The molecule has 0 aliphatic carbocycles. The molecule has 5 nitrogen and oxygen atoms in total. The molecular weight excluding hydrogens is 513 g/mol. The number of aromatic nitrogens is 2. The van der Waals surface area contributed by atoms with Crippen LogP contribution in [0.1, 0.15) is 21.5 Å². The summed E-state index contributed by atoms with van der Waals surface area (Å²) >= 11 is 15.6. The van der Waals surface area contributed by atoms with E-state index in [1.54, 1.807) is 35.1 Å². The number of nitrogens with one attached hydrogen (secondary N) is 1. The van der Waals surface area contributed by atoms with Gasteiger partial charge in [0.15, 0.2) is 5.82 Å². The van der Waals surface area contributed by atoms with E-state index in [0.29, 0.717) is 44.8 Å². The number of carbonyl (C=O) groups excluding carboxylic acids is 1. The summed E-state index contributed by atoms with van der Waals surface area (Å²) in [7, 11) is 0. The Balaban J connectivity index is 1.37. The highest BCUT2D eigenvalue weighted by Crippen LogP contribution is 2.23. The predicted octanol–water partition coefficient (Wildman–Crippen LogP) is 6.83. The fourth-order valence-electron chi connectivity index (χ4n) is 3.02. The molecule has 0 radical (unpaired) electrons. The molecule has 32 heavy (non-hydrogen) atoms. The van der Waals surface area contributed by atoms with Crippen molar-refractivity contribution in [3.05, 3.63) is 110 Å². The van der Waals surface area contributed by atoms with E-state index >= 15 is 0 Å². The summed E-state index contributed by atoms with van der Waals surface area (Å²) in [5.41, 5.74) is 2.40. The van der Waals surface area contributed by atoms with Gasteiger partial charge in [-0.15, -0.1) is 0 Å². The topological polar surface area (TPSA) is 56.2 Å². The van der Waals surface area contributed by atoms with E-state index in [2.05, 4.69) is 26.3 Å². The maximum absolute atomic E-state index is 12.7. The van der Waals surface area contributed by atoms with Gasteiger partial charge in [-0.3, -0.25) is 9.48 Å². The number of amides is 1. The van der Waals surface area contributed by atoms with E-state index in [9.17, 15) is 4.79 Å². The maximum Gasteiger partial charge on any atom is 0.256 e. The van der Waals surface area contributed by atoms with Crippen LogP contribution >= 0.6 is 39.1 Å². The van der Waals surface area contributed by atoms with Crippen molar-refractivity contribution in [2.45, 2.75) is 13.2 Å². The Kier molecular flexibility index (Phi) is 7.15. The highest BCUT2D eigenvalue weighted by Gasteiger charge is 2.13. The van der Waals surface area contributed by atoms with Gasteiger partial charge in [-0.25, -0.2) is 0 Å². The van der Waals surface area contributed by atoms with Crippen molar-refractivity contribution in [3.8, 4) is 5.75 Å². The molecule has 0 aliphatic heterocycles. The summed E-state index contributed by atoms with van der Waals surface area (Å²) in [4.78, 5) is 12.7. The van der Waals surface area contributed by atoms with Gasteiger partial charge < -0.3 is 10.1 Å². The lowest BCUT2D eigenvalue weighted by molar-refractivity contribution is 0.102. The molecule has 3 aromatic carbocycles. The zero-order chi connectivity index (χ0) is 22.5. The Hall–Kier alpha value is -2.80. The molecule has 0 aliphatic rings. The zero-order valence-corrected chi connectivity index (χ0v) is 19.9. The van der Waals surface area contributed by atoms with E-state index < -0.39 is 0 Å². The highest BCUT2D eigenvalue weighted by atomic mass is 79.9. The summed E-state index contributed by atoms with van der Waals surface area (Å²) < 4.78 is 8.14. The Morgan fingerprint density at radius 1 is 1.03 bits per heavy atom. The Labute approximate surface area is 204 Å². The second-order valence-corrected chi connectivity index (χ2v) is 8.71. The zero-order valence-electron chi connectivity index (χ0n) is 16.8. The van der Waals surface area contributed by atoms with E-state index in [0.717, 1.165) is 11.1 Å². The van der Waals surface area contributed by atoms with Crippen LogP contribution in [0.4, 0.5) is 5.82 Å². The monoisotopic (exact) mass is 529 g/mol. The number of ether oxygens (including phenoxy) is 1. The SMILES string of the molecule is O=C(Nc1nn(Cc2ccccc2Cl)cc1Br)c1ccc(COc2cccc(Cl)c2)cc1. The minimum atomic E-state index is -0.254. The highest BCUT2D eigenvalue weighted by molar-refractivity contribution is 9.10. The van der Waals surface area contributed by atoms with Crippen LogP contribution in [-0.2, 0) is 13.2 Å². The third-order valence-corrected chi connectivity index (χ3v) is 5.84. The van der Waals surface area contributed by atoms with Crippen molar-refractivity contribution in [1.29, 1.82) is 0 Å². The molecule has 0 fully saturated rings. The Morgan fingerprint density at radius 2 is 1.81 bits per heavy atom. The summed E-state index contributed by atoms with van der Waals surface area (Å²) in [6.07, 6.45) is 1.80. The number of rotatable bonds is 7. The first-order chi connectivity index (χ1) is 15.5. The number of hydrogen-bond donors (Lipinski definition) is 1. The van der Waals surface area contributed by atoms with Crippen LogP contribution in [0, 0.1) is 0 Å². The van der Waals surface area contributed by atoms with E-state index in [1.165, 1.54) is 0 Å². The van der Waals surface area contributed by atoms with Gasteiger partial charge in [0.2, 0.25) is 0 Å². The molecule has 1 aromatic heterocycles. The molecular formula is C24H18BrCl2N3O2. The second-order valence-electron chi connectivity index (χ2n) is 7.01. The van der Waals surface area contributed by atoms with Crippen LogP contribution in [-0.4, -0.2) is 15.7 Å². The summed E-state index contributed by atoms with van der Waals surface area (Å²) in [5, 5.41) is 8.57. The molecule has 0 bridgehead atoms. The van der Waals surface area contributed by atoms with Crippen molar-refractivity contribution in [2.24, 2.45) is 0 Å². The molecule has 0 saturated carbocycles. The maximum atomic E-state index is 12.7. The van der Waals surface area contributed by atoms with E-state index in [4.69, 9.17) is 27.9 Å². The molecule has 1 heterocycles. The van der Waals surface area contributed by atoms with Crippen LogP contribution in [0.2, 0.25) is 10.0 Å². The van der Waals surface area contributed by atoms with Gasteiger partial charge >= 0.3 is 0 Å². The fourth-order valence-corrected chi connectivity index (χ4v) is 3.81. The van der Waals surface area contributed by atoms with E-state index in [1.807, 2.05) is 48.5 Å². The lowest BCUT2D eigenvalue weighted by Crippen LogP contribution is -2.13. The second kappa shape index (κ2) is 10.2. The van der Waals surface area contributed by atoms with Crippen LogP contribution in [0.15, 0.2) is 83.5 Å². The number of anilines is 1. The third-order valence-electron chi connectivity index (χ3n) is 4.66. The molecule has 4 aromatic rings. The van der Waals surface area contributed by atoms with Crippen molar-refractivity contribution in [2.75, 3.05) is 5.32 Å². The first-order valence-corrected chi connectivity index (χ1v) is 11.3. The van der Waals surface area contributed by atoms with Crippen molar-refractivity contribution in [1.82, 2.24) is 9.78 Å². The molecule has 4 rings (SSSR count). The van der Waals surface area contributed by atoms with Crippen LogP contribution in [0.25, 0.3) is 0 Å². The van der Waals surface area contributed by atoms with Crippen LogP contribution in [0.5, 0.6) is 5.75 Å². The largest absolute Gasteiger partial charge is 0.489 e. The molecule has 0 unspecified atom stereocenters. The molecule has 162 valence electrons. The van der Waals surface area contributed by atoms with Crippen LogP contribution < -0.4 is 10.1 Å². The molecule has 0 atom stereocenters. The number of benzene rings is 3. The third kappa shape index (κ3) is 5.71. The first kappa shape index (κ1) is 22.4. The van der Waals surface area contributed by atoms with E-state index in [-0.39, 0.29) is 5.91 Å². The lowest BCUT2D eigenvalue weighted by Gasteiger charge is -2.08. The van der Waals surface area contributed by atoms with Gasteiger partial charge in [0.25, 0.3) is 5.91 Å². The first-order valence-electron chi connectivity index (χ1n) is 9.73. The molecule has 8 heteroatoms. The minimum absolute atomic E-state index is 0.254. The Morgan fingerprint density at radius 3 is 2.56 bits per heavy atom. The van der Waals surface area contributed by atoms with Gasteiger partial charge in [-0.1, -0.05) is 59.6 Å². The molecule has 1 amide bonds. The van der Waals surface area contributed by atoms with Gasteiger partial charge in [0.05, 0.1) is 11.0 Å². The smallest absolute Gasteiger partial charge is 0.256 e. The number of halogens is 3. The average molecular weight is 531 g/mol. The average Bonchev–Trinajstić information content (AvgIpc) is 3.13. The van der Waals surface area contributed by atoms with Gasteiger partial charge in [-0.2, -0.15) is 5.10 Å². The summed E-state index contributed by atoms with van der Waals surface area (Å²) in [5.74, 6) is 0.878. The summed E-state index contributed by atoms with van der Waals surface area (Å²) in [6, 6.07) is 22.0. The quantitative estimate of drug-likeness (QED) is 0.285. The minimum Gasteiger partial charge on any atom is -0.489 e. The van der Waals surface area contributed by atoms with Crippen molar-refractivity contribution in [3.63, 3.8) is 0 Å². The van der Waals surface area contributed by atoms with Crippen LogP contribution in [0.3, 0.4) is 0 Å². The standard InChI is InChI=1S/C24H18BrCl2N3O2/c25-21-14-30(13-18-4-1-2-7-22(18)27)29-23(21)28-24(31)17-10-8-16(9-11-17)15-32-20-6-3-5-19(26)12-20/h1-12,14H,13,15H2,(H,28,29,31). The van der Waals surface area contributed by atoms with Crippen molar-refractivity contribution >= 4 is 50.9 Å². The number of nitrogens with zero attached hydrogens (tertiary/aromatic N) is 2. The predicted molar refractivity (Wildman–Crippen MR) is 131 cm³/mol. The fraction of sp³-hybridized carbons (Fsp3) is 0.0833. The molecule has 0 saturated heterocycles. The van der Waals surface area contributed by atoms with Gasteiger partial charge in [-0.05, 0) is 63.5 Å². The summed E-state index contributed by atoms with van der Waals surface area (Å²) in [6.45, 7) is 0.871. The molecule has 0 spiro atoms. The van der Waals surface area contributed by atoms with Gasteiger partial charge in [0, 0.05) is 21.8 Å². The number of carbonyl (C=O) groups is 1. The Bertz CT molecular complexity index is 1240. The van der Waals surface area contributed by atoms with Gasteiger partial charge in [0.1, 0.15) is 12.4 Å². The molecule has 1 N–H and O–H groups in total. The number of hydrogen-bond acceptors (Lipinski definition) is 3.